The van der Waals surface area contributed by atoms with Crippen LogP contribution in [0.1, 0.15) is 21.5 Å². The van der Waals surface area contributed by atoms with Crippen LogP contribution in [-0.4, -0.2) is 46.7 Å². The van der Waals surface area contributed by atoms with Gasteiger partial charge in [0.1, 0.15) is 22.9 Å². The van der Waals surface area contributed by atoms with E-state index in [1.807, 2.05) is 0 Å². The molecule has 2 aromatic heterocycles. The number of sulfonamides is 1. The molecule has 4 N–H and O–H groups in total. The number of nitrogens with zero attached hydrogens (tertiary/aromatic N) is 4. The van der Waals surface area contributed by atoms with E-state index < -0.39 is 44.5 Å². The molecule has 1 aliphatic rings. The number of halogens is 2. The summed E-state index contributed by atoms with van der Waals surface area (Å²) in [6.45, 7) is 0. The maximum atomic E-state index is 15.2. The van der Waals surface area contributed by atoms with Gasteiger partial charge in [-0.2, -0.15) is 5.10 Å². The maximum absolute atomic E-state index is 15.2. The van der Waals surface area contributed by atoms with Crippen molar-refractivity contribution >= 4 is 38.9 Å². The molecule has 1 atom stereocenters. The van der Waals surface area contributed by atoms with Crippen LogP contribution in [0.5, 0.6) is 0 Å². The molecule has 1 aliphatic heterocycles. The van der Waals surface area contributed by atoms with Crippen LogP contribution >= 0.6 is 0 Å². The van der Waals surface area contributed by atoms with Crippen molar-refractivity contribution in [3.63, 3.8) is 0 Å². The molecule has 14 heteroatoms. The van der Waals surface area contributed by atoms with Crippen molar-refractivity contribution in [3.8, 4) is 11.3 Å². The highest BCUT2D eigenvalue weighted by atomic mass is 32.2. The Bertz CT molecular complexity index is 2050. The van der Waals surface area contributed by atoms with Crippen molar-refractivity contribution < 1.29 is 26.8 Å². The predicted octanol–water partition coefficient (Wildman–Crippen LogP) is 2.87. The second-order valence-electron chi connectivity index (χ2n) is 9.17. The first-order valence-corrected chi connectivity index (χ1v) is 13.9. The molecule has 0 saturated carbocycles. The number of primary sulfonamides is 1. The van der Waals surface area contributed by atoms with Gasteiger partial charge in [0.05, 0.1) is 16.3 Å². The second kappa shape index (κ2) is 10.2. The van der Waals surface area contributed by atoms with Gasteiger partial charge in [-0.25, -0.2) is 36.8 Å². The summed E-state index contributed by atoms with van der Waals surface area (Å²) >= 11 is 0. The Morgan fingerprint density at radius 2 is 1.76 bits per heavy atom. The summed E-state index contributed by atoms with van der Waals surface area (Å²) in [5.74, 6) is -3.42. The Morgan fingerprint density at radius 3 is 2.50 bits per heavy atom. The minimum atomic E-state index is -4.20. The fourth-order valence-electron chi connectivity index (χ4n) is 4.57. The molecule has 0 spiro atoms. The van der Waals surface area contributed by atoms with Crippen molar-refractivity contribution in [3.05, 3.63) is 114 Å². The summed E-state index contributed by atoms with van der Waals surface area (Å²) in [5, 5.41) is 14.4. The fraction of sp³-hybridized carbons (Fsp3) is 0.0357. The first-order valence-electron chi connectivity index (χ1n) is 12.3. The summed E-state index contributed by atoms with van der Waals surface area (Å²) in [5.41, 5.74) is 0.433. The second-order valence-corrected chi connectivity index (χ2v) is 10.7. The molecule has 0 saturated heterocycles. The van der Waals surface area contributed by atoms with Crippen LogP contribution in [0.15, 0.2) is 95.1 Å². The molecule has 3 heterocycles. The molecule has 0 unspecified atom stereocenters. The highest BCUT2D eigenvalue weighted by Gasteiger charge is 2.32. The molecular formula is C28H19F2N7O4S. The zero-order chi connectivity index (χ0) is 29.6. The number of anilines is 1. The monoisotopic (exact) mass is 587 g/mol. The Labute approximate surface area is 236 Å². The molecule has 42 heavy (non-hydrogen) atoms. The van der Waals surface area contributed by atoms with Gasteiger partial charge in [-0.3, -0.25) is 9.59 Å². The molecule has 0 bridgehead atoms. The van der Waals surface area contributed by atoms with Gasteiger partial charge in [0, 0.05) is 29.1 Å². The minimum Gasteiger partial charge on any atom is -0.322 e. The standard InChI is InChI=1S/C28H19F2N7O4S/c29-19-9-4-8-18-22(15-6-2-1-3-7-15)33-25(28(39)34-23(18)19)35-27(38)21-24(36-37-13-5-12-32-26(21)37)17-11-10-16(14-20(17)30)42(31,40)41/h1-14,25H,(H,34,39)(H,35,38)(H2,31,40,41)/t25-/m1/s1. The predicted molar refractivity (Wildman–Crippen MR) is 148 cm³/mol. The van der Waals surface area contributed by atoms with Crippen LogP contribution in [0, 0.1) is 11.6 Å². The first kappa shape index (κ1) is 26.9. The van der Waals surface area contributed by atoms with E-state index in [9.17, 15) is 22.4 Å². The van der Waals surface area contributed by atoms with Crippen molar-refractivity contribution in [1.82, 2.24) is 19.9 Å². The van der Waals surface area contributed by atoms with Gasteiger partial charge >= 0.3 is 0 Å². The molecule has 2 amide bonds. The lowest BCUT2D eigenvalue weighted by atomic mass is 10.0. The maximum Gasteiger partial charge on any atom is 0.269 e. The third-order valence-electron chi connectivity index (χ3n) is 6.49. The van der Waals surface area contributed by atoms with Gasteiger partial charge in [0.2, 0.25) is 16.2 Å². The van der Waals surface area contributed by atoms with Crippen molar-refractivity contribution in [2.45, 2.75) is 11.1 Å². The van der Waals surface area contributed by atoms with Crippen LogP contribution in [0.4, 0.5) is 14.5 Å². The van der Waals surface area contributed by atoms with E-state index in [0.29, 0.717) is 17.2 Å². The van der Waals surface area contributed by atoms with Crippen molar-refractivity contribution in [1.29, 1.82) is 0 Å². The van der Waals surface area contributed by atoms with E-state index in [4.69, 9.17) is 5.14 Å². The molecule has 0 aliphatic carbocycles. The Hall–Kier alpha value is -5.34. The van der Waals surface area contributed by atoms with Crippen LogP contribution in [0.3, 0.4) is 0 Å². The average Bonchev–Trinajstić information content (AvgIpc) is 3.29. The normalized spacial score (nSPS) is 15.0. The number of nitrogens with one attached hydrogen (secondary N) is 2. The summed E-state index contributed by atoms with van der Waals surface area (Å²) in [7, 11) is -4.20. The van der Waals surface area contributed by atoms with E-state index in [1.54, 1.807) is 36.4 Å². The van der Waals surface area contributed by atoms with E-state index in [1.165, 1.54) is 35.1 Å². The number of nitrogens with two attached hydrogens (primary N) is 1. The van der Waals surface area contributed by atoms with Crippen LogP contribution in [-0.2, 0) is 14.8 Å². The Balaban J connectivity index is 1.46. The summed E-state index contributed by atoms with van der Waals surface area (Å²) in [6, 6.07) is 17.4. The number of aromatic nitrogens is 3. The molecule has 210 valence electrons. The quantitative estimate of drug-likeness (QED) is 0.287. The molecular weight excluding hydrogens is 568 g/mol. The van der Waals surface area contributed by atoms with E-state index in [-0.39, 0.29) is 33.9 Å². The lowest BCUT2D eigenvalue weighted by Gasteiger charge is -2.14. The van der Waals surface area contributed by atoms with Crippen molar-refractivity contribution in [2.24, 2.45) is 10.1 Å². The van der Waals surface area contributed by atoms with Crippen molar-refractivity contribution in [2.75, 3.05) is 5.32 Å². The number of benzene rings is 3. The number of hydrogen-bond acceptors (Lipinski definition) is 7. The molecule has 11 nitrogen and oxygen atoms in total. The third kappa shape index (κ3) is 4.78. The number of carbonyl (C=O) groups excluding carboxylic acids is 2. The number of amides is 2. The molecule has 0 radical (unpaired) electrons. The van der Waals surface area contributed by atoms with Crippen LogP contribution < -0.4 is 15.8 Å². The van der Waals surface area contributed by atoms with Gasteiger partial charge in [-0.1, -0.05) is 42.5 Å². The first-order chi connectivity index (χ1) is 20.1. The topological polar surface area (TPSA) is 161 Å². The third-order valence-corrected chi connectivity index (χ3v) is 7.40. The van der Waals surface area contributed by atoms with Gasteiger partial charge in [-0.05, 0) is 30.3 Å². The summed E-state index contributed by atoms with van der Waals surface area (Å²) in [6.07, 6.45) is 1.32. The minimum absolute atomic E-state index is 0.0237. The molecule has 3 aromatic carbocycles. The molecule has 0 fully saturated rings. The number of fused-ring (bicyclic) bond motifs is 2. The number of rotatable bonds is 5. The number of benzodiazepines with no additional fused rings is 1. The van der Waals surface area contributed by atoms with E-state index in [2.05, 4.69) is 25.7 Å². The van der Waals surface area contributed by atoms with E-state index >= 15 is 4.39 Å². The Morgan fingerprint density at radius 1 is 0.976 bits per heavy atom. The van der Waals surface area contributed by atoms with Gasteiger partial charge in [-0.15, -0.1) is 0 Å². The lowest BCUT2D eigenvalue weighted by Crippen LogP contribution is -2.42. The van der Waals surface area contributed by atoms with E-state index in [0.717, 1.165) is 12.1 Å². The summed E-state index contributed by atoms with van der Waals surface area (Å²) < 4.78 is 54.7. The van der Waals surface area contributed by atoms with Gasteiger partial charge in [0.25, 0.3) is 11.8 Å². The van der Waals surface area contributed by atoms with Gasteiger partial charge < -0.3 is 10.6 Å². The number of para-hydroxylation sites is 1. The smallest absolute Gasteiger partial charge is 0.269 e. The van der Waals surface area contributed by atoms with Crippen LogP contribution in [0.25, 0.3) is 16.9 Å². The zero-order valence-corrected chi connectivity index (χ0v) is 22.1. The lowest BCUT2D eigenvalue weighted by molar-refractivity contribution is -0.117. The largest absolute Gasteiger partial charge is 0.322 e. The van der Waals surface area contributed by atoms with Crippen LogP contribution in [0.2, 0.25) is 0 Å². The fourth-order valence-corrected chi connectivity index (χ4v) is 5.09. The number of hydrogen-bond donors (Lipinski definition) is 3. The molecule has 5 aromatic rings. The average molecular weight is 588 g/mol. The molecule has 6 rings (SSSR count). The highest BCUT2D eigenvalue weighted by molar-refractivity contribution is 7.89. The number of carbonyl (C=O) groups is 2. The highest BCUT2D eigenvalue weighted by Crippen LogP contribution is 2.30. The Kier molecular flexibility index (Phi) is 6.55. The summed E-state index contributed by atoms with van der Waals surface area (Å²) in [4.78, 5) is 35.3. The SMILES string of the molecule is NS(=O)(=O)c1ccc(-c2nn3cccnc3c2C(=O)N[C@H]2N=C(c3ccccc3)c3cccc(F)c3NC2=O)c(F)c1. The zero-order valence-electron chi connectivity index (χ0n) is 21.3. The van der Waals surface area contributed by atoms with Gasteiger partial charge in [0.15, 0.2) is 5.65 Å². The number of aliphatic imine (C=N–C) groups is 1.